The molecule has 5 heteroatoms. The largest absolute Gasteiger partial charge is 0.484 e. The van der Waals surface area contributed by atoms with Crippen LogP contribution >= 0.6 is 0 Å². The molecule has 0 radical (unpaired) electrons. The number of benzene rings is 1. The maximum absolute atomic E-state index is 11.9. The van der Waals surface area contributed by atoms with Crippen molar-refractivity contribution in [1.82, 2.24) is 4.90 Å². The lowest BCUT2D eigenvalue weighted by Crippen LogP contribution is -2.30. The molecule has 0 saturated heterocycles. The van der Waals surface area contributed by atoms with Crippen LogP contribution in [-0.4, -0.2) is 24.5 Å². The summed E-state index contributed by atoms with van der Waals surface area (Å²) in [6, 6.07) is 10.6. The first-order chi connectivity index (χ1) is 9.15. The molecule has 1 heterocycles. The highest BCUT2D eigenvalue weighted by Gasteiger charge is 2.11. The molecule has 0 saturated carbocycles. The average Bonchev–Trinajstić information content (AvgIpc) is 2.89. The van der Waals surface area contributed by atoms with Crippen molar-refractivity contribution in [2.45, 2.75) is 6.54 Å². The van der Waals surface area contributed by atoms with Crippen molar-refractivity contribution < 1.29 is 13.9 Å². The van der Waals surface area contributed by atoms with Crippen LogP contribution in [0, 0.1) is 0 Å². The molecule has 1 amide bonds. The van der Waals surface area contributed by atoms with Crippen LogP contribution in [0.3, 0.4) is 0 Å². The highest BCUT2D eigenvalue weighted by atomic mass is 16.5. The minimum Gasteiger partial charge on any atom is -0.484 e. The summed E-state index contributed by atoms with van der Waals surface area (Å²) >= 11 is 0. The van der Waals surface area contributed by atoms with E-state index in [-0.39, 0.29) is 12.5 Å². The number of hydrogen-bond donors (Lipinski definition) is 1. The second-order valence-corrected chi connectivity index (χ2v) is 4.19. The maximum atomic E-state index is 11.9. The fourth-order valence-corrected chi connectivity index (χ4v) is 1.58. The Labute approximate surface area is 111 Å². The zero-order chi connectivity index (χ0) is 13.7. The minimum atomic E-state index is -0.126. The summed E-state index contributed by atoms with van der Waals surface area (Å²) in [7, 11) is 1.70. The van der Waals surface area contributed by atoms with Crippen LogP contribution < -0.4 is 10.5 Å². The van der Waals surface area contributed by atoms with E-state index in [9.17, 15) is 4.79 Å². The fraction of sp³-hybridized carbons (Fsp3) is 0.214. The Hall–Kier alpha value is -2.43. The summed E-state index contributed by atoms with van der Waals surface area (Å²) < 4.78 is 10.6. The summed E-state index contributed by atoms with van der Waals surface area (Å²) in [5.74, 6) is 1.19. The SMILES string of the molecule is CN(Cc1ccco1)C(=O)COc1cccc(N)c1. The molecule has 0 aliphatic carbocycles. The molecule has 5 nitrogen and oxygen atoms in total. The molecular formula is C14H16N2O3. The summed E-state index contributed by atoms with van der Waals surface area (Å²) in [6.07, 6.45) is 1.58. The van der Waals surface area contributed by atoms with E-state index in [1.165, 1.54) is 0 Å². The fourth-order valence-electron chi connectivity index (χ4n) is 1.58. The number of amides is 1. The third kappa shape index (κ3) is 3.77. The minimum absolute atomic E-state index is 0.0271. The smallest absolute Gasteiger partial charge is 0.260 e. The van der Waals surface area contributed by atoms with Crippen molar-refractivity contribution >= 4 is 11.6 Å². The van der Waals surface area contributed by atoms with Crippen molar-refractivity contribution in [2.24, 2.45) is 0 Å². The maximum Gasteiger partial charge on any atom is 0.260 e. The summed E-state index contributed by atoms with van der Waals surface area (Å²) in [4.78, 5) is 13.4. The standard InChI is InChI=1S/C14H16N2O3/c1-16(9-13-6-3-7-18-13)14(17)10-19-12-5-2-4-11(15)8-12/h2-8H,9-10,15H2,1H3. The zero-order valence-electron chi connectivity index (χ0n) is 10.7. The van der Waals surface area contributed by atoms with Crippen LogP contribution in [-0.2, 0) is 11.3 Å². The lowest BCUT2D eigenvalue weighted by molar-refractivity contribution is -0.132. The molecule has 1 aromatic heterocycles. The number of nitrogens with zero attached hydrogens (tertiary/aromatic N) is 1. The quantitative estimate of drug-likeness (QED) is 0.834. The van der Waals surface area contributed by atoms with Gasteiger partial charge in [0, 0.05) is 18.8 Å². The number of carbonyl (C=O) groups is 1. The molecule has 0 atom stereocenters. The number of furan rings is 1. The second-order valence-electron chi connectivity index (χ2n) is 4.19. The Bertz CT molecular complexity index is 537. The van der Waals surface area contributed by atoms with Crippen LogP contribution in [0.25, 0.3) is 0 Å². The number of likely N-dealkylation sites (N-methyl/N-ethyl adjacent to an activating group) is 1. The Morgan fingerprint density at radius 3 is 2.89 bits per heavy atom. The average molecular weight is 260 g/mol. The topological polar surface area (TPSA) is 68.7 Å². The normalized spacial score (nSPS) is 10.2. The molecule has 1 aromatic carbocycles. The highest BCUT2D eigenvalue weighted by Crippen LogP contribution is 2.14. The van der Waals surface area contributed by atoms with Crippen LogP contribution in [0.15, 0.2) is 47.1 Å². The zero-order valence-corrected chi connectivity index (χ0v) is 10.7. The lowest BCUT2D eigenvalue weighted by Gasteiger charge is -2.16. The number of hydrogen-bond acceptors (Lipinski definition) is 4. The van der Waals surface area contributed by atoms with E-state index in [2.05, 4.69) is 0 Å². The molecule has 2 rings (SSSR count). The number of nitrogen functional groups attached to an aromatic ring is 1. The van der Waals surface area contributed by atoms with Gasteiger partial charge in [-0.05, 0) is 24.3 Å². The number of ether oxygens (including phenoxy) is 1. The molecule has 0 aliphatic rings. The molecule has 2 N–H and O–H groups in total. The van der Waals surface area contributed by atoms with E-state index in [1.54, 1.807) is 48.5 Å². The third-order valence-corrected chi connectivity index (χ3v) is 2.62. The van der Waals surface area contributed by atoms with Gasteiger partial charge < -0.3 is 19.8 Å². The van der Waals surface area contributed by atoms with Crippen molar-refractivity contribution in [2.75, 3.05) is 19.4 Å². The Morgan fingerprint density at radius 2 is 2.21 bits per heavy atom. The predicted molar refractivity (Wildman–Crippen MR) is 71.5 cm³/mol. The van der Waals surface area contributed by atoms with Gasteiger partial charge >= 0.3 is 0 Å². The van der Waals surface area contributed by atoms with Gasteiger partial charge in [-0.3, -0.25) is 4.79 Å². The molecule has 0 unspecified atom stereocenters. The van der Waals surface area contributed by atoms with Crippen LogP contribution in [0.5, 0.6) is 5.75 Å². The van der Waals surface area contributed by atoms with Crippen molar-refractivity contribution in [3.8, 4) is 5.75 Å². The van der Waals surface area contributed by atoms with Gasteiger partial charge in [-0.1, -0.05) is 6.07 Å². The van der Waals surface area contributed by atoms with Gasteiger partial charge in [-0.15, -0.1) is 0 Å². The van der Waals surface area contributed by atoms with E-state index in [4.69, 9.17) is 14.9 Å². The van der Waals surface area contributed by atoms with E-state index in [0.29, 0.717) is 18.0 Å². The van der Waals surface area contributed by atoms with E-state index >= 15 is 0 Å². The first kappa shape index (κ1) is 13.0. The van der Waals surface area contributed by atoms with Gasteiger partial charge in [0.15, 0.2) is 6.61 Å². The molecule has 0 aliphatic heterocycles. The van der Waals surface area contributed by atoms with Gasteiger partial charge in [0.25, 0.3) is 5.91 Å². The number of carbonyl (C=O) groups excluding carboxylic acids is 1. The van der Waals surface area contributed by atoms with Crippen molar-refractivity contribution in [3.05, 3.63) is 48.4 Å². The van der Waals surface area contributed by atoms with Crippen molar-refractivity contribution in [3.63, 3.8) is 0 Å². The Kier molecular flexibility index (Phi) is 4.07. The van der Waals surface area contributed by atoms with Gasteiger partial charge in [0.1, 0.15) is 11.5 Å². The monoisotopic (exact) mass is 260 g/mol. The van der Waals surface area contributed by atoms with Crippen LogP contribution in [0.2, 0.25) is 0 Å². The van der Waals surface area contributed by atoms with Gasteiger partial charge in [-0.25, -0.2) is 0 Å². The van der Waals surface area contributed by atoms with E-state index < -0.39 is 0 Å². The van der Waals surface area contributed by atoms with E-state index in [1.807, 2.05) is 6.07 Å². The Balaban J connectivity index is 1.84. The van der Waals surface area contributed by atoms with Crippen molar-refractivity contribution in [1.29, 1.82) is 0 Å². The highest BCUT2D eigenvalue weighted by molar-refractivity contribution is 5.77. The molecule has 19 heavy (non-hydrogen) atoms. The molecule has 0 spiro atoms. The number of anilines is 1. The third-order valence-electron chi connectivity index (χ3n) is 2.62. The van der Waals surface area contributed by atoms with Gasteiger partial charge in [0.05, 0.1) is 12.8 Å². The summed E-state index contributed by atoms with van der Waals surface area (Å²) in [6.45, 7) is 0.396. The number of nitrogens with two attached hydrogens (primary N) is 1. The molecular weight excluding hydrogens is 244 g/mol. The summed E-state index contributed by atoms with van der Waals surface area (Å²) in [5.41, 5.74) is 6.23. The predicted octanol–water partition coefficient (Wildman–Crippen LogP) is 1.90. The second kappa shape index (κ2) is 5.95. The molecule has 0 bridgehead atoms. The summed E-state index contributed by atoms with van der Waals surface area (Å²) in [5, 5.41) is 0. The molecule has 2 aromatic rings. The molecule has 100 valence electrons. The first-order valence-corrected chi connectivity index (χ1v) is 5.90. The first-order valence-electron chi connectivity index (χ1n) is 5.90. The molecule has 0 fully saturated rings. The van der Waals surface area contributed by atoms with Gasteiger partial charge in [-0.2, -0.15) is 0 Å². The van der Waals surface area contributed by atoms with Gasteiger partial charge in [0.2, 0.25) is 0 Å². The number of rotatable bonds is 5. The van der Waals surface area contributed by atoms with E-state index in [0.717, 1.165) is 5.76 Å². The lowest BCUT2D eigenvalue weighted by atomic mass is 10.3. The van der Waals surface area contributed by atoms with Crippen LogP contribution in [0.4, 0.5) is 5.69 Å². The Morgan fingerprint density at radius 1 is 1.37 bits per heavy atom. The van der Waals surface area contributed by atoms with Crippen LogP contribution in [0.1, 0.15) is 5.76 Å².